The van der Waals surface area contributed by atoms with Crippen LogP contribution in [0.3, 0.4) is 0 Å². The molecule has 3 atom stereocenters. The van der Waals surface area contributed by atoms with Gasteiger partial charge in [0.15, 0.2) is 0 Å². The summed E-state index contributed by atoms with van der Waals surface area (Å²) in [4.78, 5) is 0. The summed E-state index contributed by atoms with van der Waals surface area (Å²) in [5.74, 6) is 0.929. The first kappa shape index (κ1) is 10.4. The third-order valence-corrected chi connectivity index (χ3v) is 4.20. The van der Waals surface area contributed by atoms with Crippen LogP contribution in [0.25, 0.3) is 0 Å². The molecule has 2 nitrogen and oxygen atoms in total. The van der Waals surface area contributed by atoms with Crippen LogP contribution in [0.5, 0.6) is 0 Å². The molecule has 3 unspecified atom stereocenters. The maximum Gasteiger partial charge on any atom is 0.0725 e. The van der Waals surface area contributed by atoms with Crippen molar-refractivity contribution < 1.29 is 9.84 Å². The quantitative estimate of drug-likeness (QED) is 0.738. The summed E-state index contributed by atoms with van der Waals surface area (Å²) in [5, 5.41) is 10.7. The highest BCUT2D eigenvalue weighted by molar-refractivity contribution is 4.97. The Kier molecular flexibility index (Phi) is 3.13. The normalized spacial score (nSPS) is 44.1. The molecular formula is C12H22O2. The topological polar surface area (TPSA) is 29.5 Å². The number of ether oxygens (including phenoxy) is 1. The first-order valence-electron chi connectivity index (χ1n) is 6.07. The van der Waals surface area contributed by atoms with E-state index in [1.807, 2.05) is 0 Å². The van der Waals surface area contributed by atoms with Crippen molar-refractivity contribution in [2.75, 3.05) is 13.2 Å². The van der Waals surface area contributed by atoms with Gasteiger partial charge >= 0.3 is 0 Å². The molecule has 14 heavy (non-hydrogen) atoms. The average molecular weight is 198 g/mol. The Hall–Kier alpha value is -0.0800. The molecule has 2 aliphatic rings. The minimum absolute atomic E-state index is 0.394. The Bertz CT molecular complexity index is 187. The van der Waals surface area contributed by atoms with Gasteiger partial charge in [-0.05, 0) is 31.6 Å². The van der Waals surface area contributed by atoms with Gasteiger partial charge in [0.05, 0.1) is 12.2 Å². The van der Waals surface area contributed by atoms with Crippen LogP contribution < -0.4 is 0 Å². The van der Waals surface area contributed by atoms with E-state index in [9.17, 15) is 5.11 Å². The molecular weight excluding hydrogens is 176 g/mol. The summed E-state index contributed by atoms with van der Waals surface area (Å²) < 4.78 is 5.49. The van der Waals surface area contributed by atoms with Crippen molar-refractivity contribution in [3.05, 3.63) is 0 Å². The van der Waals surface area contributed by atoms with Crippen molar-refractivity contribution in [3.8, 4) is 0 Å². The molecule has 0 aromatic heterocycles. The molecule has 0 amide bonds. The zero-order valence-corrected chi connectivity index (χ0v) is 9.17. The Morgan fingerprint density at radius 1 is 1.36 bits per heavy atom. The van der Waals surface area contributed by atoms with Crippen molar-refractivity contribution in [1.29, 1.82) is 0 Å². The standard InChI is InChI=1S/C12H22O2/c1-2-10-5-3-7-12(10,13)11-6-4-8-14-9-11/h10-11,13H,2-9H2,1H3. The van der Waals surface area contributed by atoms with Gasteiger partial charge in [-0.2, -0.15) is 0 Å². The molecule has 2 rings (SSSR count). The minimum atomic E-state index is -0.394. The molecule has 1 saturated heterocycles. The highest BCUT2D eigenvalue weighted by Crippen LogP contribution is 2.45. The van der Waals surface area contributed by atoms with Crippen LogP contribution in [0.15, 0.2) is 0 Å². The van der Waals surface area contributed by atoms with Crippen LogP contribution in [0.4, 0.5) is 0 Å². The summed E-state index contributed by atoms with van der Waals surface area (Å²) in [7, 11) is 0. The molecule has 1 aliphatic carbocycles. The van der Waals surface area contributed by atoms with Crippen molar-refractivity contribution in [3.63, 3.8) is 0 Å². The molecule has 1 heterocycles. The lowest BCUT2D eigenvalue weighted by atomic mass is 9.75. The smallest absolute Gasteiger partial charge is 0.0725 e. The first-order chi connectivity index (χ1) is 6.77. The summed E-state index contributed by atoms with van der Waals surface area (Å²) in [6.07, 6.45) is 6.82. The van der Waals surface area contributed by atoms with Gasteiger partial charge in [0.25, 0.3) is 0 Å². The van der Waals surface area contributed by atoms with Gasteiger partial charge in [-0.3, -0.25) is 0 Å². The predicted octanol–water partition coefficient (Wildman–Crippen LogP) is 2.35. The summed E-state index contributed by atoms with van der Waals surface area (Å²) in [5.41, 5.74) is -0.394. The third kappa shape index (κ3) is 1.70. The van der Waals surface area contributed by atoms with E-state index < -0.39 is 5.60 Å². The fraction of sp³-hybridized carbons (Fsp3) is 1.00. The lowest BCUT2D eigenvalue weighted by molar-refractivity contribution is -0.101. The number of hydrogen-bond acceptors (Lipinski definition) is 2. The zero-order valence-electron chi connectivity index (χ0n) is 9.17. The van der Waals surface area contributed by atoms with Crippen LogP contribution in [0, 0.1) is 11.8 Å². The molecule has 1 N–H and O–H groups in total. The SMILES string of the molecule is CCC1CCCC1(O)C1CCCOC1. The van der Waals surface area contributed by atoms with Crippen LogP contribution in [-0.2, 0) is 4.74 Å². The second-order valence-corrected chi connectivity index (χ2v) is 4.90. The van der Waals surface area contributed by atoms with Crippen molar-refractivity contribution in [2.45, 2.75) is 51.0 Å². The summed E-state index contributed by atoms with van der Waals surface area (Å²) >= 11 is 0. The van der Waals surface area contributed by atoms with E-state index >= 15 is 0 Å². The molecule has 2 heteroatoms. The maximum atomic E-state index is 10.7. The molecule has 2 fully saturated rings. The molecule has 0 aromatic carbocycles. The molecule has 82 valence electrons. The van der Waals surface area contributed by atoms with Crippen LogP contribution in [0.1, 0.15) is 45.4 Å². The van der Waals surface area contributed by atoms with Gasteiger partial charge in [0.1, 0.15) is 0 Å². The Labute approximate surface area is 86.6 Å². The molecule has 1 aliphatic heterocycles. The van der Waals surface area contributed by atoms with Gasteiger partial charge in [-0.1, -0.05) is 19.8 Å². The number of hydrogen-bond donors (Lipinski definition) is 1. The van der Waals surface area contributed by atoms with Gasteiger partial charge < -0.3 is 9.84 Å². The van der Waals surface area contributed by atoms with Gasteiger partial charge in [0, 0.05) is 12.5 Å². The average Bonchev–Trinajstić information content (AvgIpc) is 2.62. The third-order valence-electron chi connectivity index (χ3n) is 4.20. The lowest BCUT2D eigenvalue weighted by Gasteiger charge is -2.39. The minimum Gasteiger partial charge on any atom is -0.389 e. The Balaban J connectivity index is 2.04. The second-order valence-electron chi connectivity index (χ2n) is 4.90. The van der Waals surface area contributed by atoms with Crippen molar-refractivity contribution in [2.24, 2.45) is 11.8 Å². The highest BCUT2D eigenvalue weighted by Gasteiger charge is 2.46. The van der Waals surface area contributed by atoms with Crippen molar-refractivity contribution in [1.82, 2.24) is 0 Å². The summed E-state index contributed by atoms with van der Waals surface area (Å²) in [6.45, 7) is 3.88. The maximum absolute atomic E-state index is 10.7. The van der Waals surface area contributed by atoms with E-state index in [0.717, 1.165) is 38.9 Å². The van der Waals surface area contributed by atoms with E-state index in [4.69, 9.17) is 4.74 Å². The van der Waals surface area contributed by atoms with Crippen LogP contribution >= 0.6 is 0 Å². The largest absolute Gasteiger partial charge is 0.389 e. The van der Waals surface area contributed by atoms with Crippen LogP contribution in [0.2, 0.25) is 0 Å². The monoisotopic (exact) mass is 198 g/mol. The van der Waals surface area contributed by atoms with E-state index in [1.54, 1.807) is 0 Å². The predicted molar refractivity (Wildman–Crippen MR) is 56.1 cm³/mol. The zero-order chi connectivity index (χ0) is 10.0. The fourth-order valence-corrected chi connectivity index (χ4v) is 3.32. The summed E-state index contributed by atoms with van der Waals surface area (Å²) in [6, 6.07) is 0. The van der Waals surface area contributed by atoms with Gasteiger partial charge in [-0.25, -0.2) is 0 Å². The van der Waals surface area contributed by atoms with Gasteiger partial charge in [0.2, 0.25) is 0 Å². The number of rotatable bonds is 2. The molecule has 0 spiro atoms. The molecule has 0 bridgehead atoms. The Morgan fingerprint density at radius 2 is 2.21 bits per heavy atom. The molecule has 0 aromatic rings. The van der Waals surface area contributed by atoms with Crippen LogP contribution in [-0.4, -0.2) is 23.9 Å². The van der Waals surface area contributed by atoms with E-state index in [0.29, 0.717) is 11.8 Å². The molecule has 0 radical (unpaired) electrons. The highest BCUT2D eigenvalue weighted by atomic mass is 16.5. The molecule has 1 saturated carbocycles. The van der Waals surface area contributed by atoms with E-state index in [2.05, 4.69) is 6.92 Å². The second kappa shape index (κ2) is 4.19. The fourth-order valence-electron chi connectivity index (χ4n) is 3.32. The first-order valence-corrected chi connectivity index (χ1v) is 6.07. The van der Waals surface area contributed by atoms with Gasteiger partial charge in [-0.15, -0.1) is 0 Å². The number of aliphatic hydroxyl groups is 1. The Morgan fingerprint density at radius 3 is 2.86 bits per heavy atom. The lowest BCUT2D eigenvalue weighted by Crippen LogP contribution is -2.45. The van der Waals surface area contributed by atoms with E-state index in [1.165, 1.54) is 12.8 Å². The van der Waals surface area contributed by atoms with Crippen molar-refractivity contribution >= 4 is 0 Å². The van der Waals surface area contributed by atoms with E-state index in [-0.39, 0.29) is 0 Å².